The second kappa shape index (κ2) is 5.04. The zero-order valence-corrected chi connectivity index (χ0v) is 10.8. The molecular weight excluding hydrogens is 256 g/mol. The van der Waals surface area contributed by atoms with Crippen LogP contribution in [0.2, 0.25) is 0 Å². The Bertz CT molecular complexity index is 714. The highest BCUT2D eigenvalue weighted by Crippen LogP contribution is 2.14. The first kappa shape index (κ1) is 12.2. The first-order valence-corrected chi connectivity index (χ1v) is 6.09. The van der Waals surface area contributed by atoms with Gasteiger partial charge in [-0.2, -0.15) is 5.10 Å². The lowest BCUT2D eigenvalue weighted by Crippen LogP contribution is -2.00. The van der Waals surface area contributed by atoms with Gasteiger partial charge < -0.3 is 0 Å². The normalized spacial score (nSPS) is 10.7. The van der Waals surface area contributed by atoms with Gasteiger partial charge in [-0.25, -0.2) is 5.10 Å². The smallest absolute Gasteiger partial charge is 0.179 e. The van der Waals surface area contributed by atoms with E-state index in [9.17, 15) is 4.79 Å². The molecule has 0 spiro atoms. The maximum Gasteiger partial charge on any atom is 0.179 e. The lowest BCUT2D eigenvalue weighted by molar-refractivity contribution is 0.101. The van der Waals surface area contributed by atoms with Crippen LogP contribution < -0.4 is 0 Å². The number of hydrogen-bond donors (Lipinski definition) is 1. The second-order valence-corrected chi connectivity index (χ2v) is 4.43. The molecule has 0 aliphatic heterocycles. The van der Waals surface area contributed by atoms with Gasteiger partial charge in [0, 0.05) is 11.8 Å². The zero-order chi connectivity index (χ0) is 13.9. The number of tetrazole rings is 1. The van der Waals surface area contributed by atoms with Crippen LogP contribution in [0.25, 0.3) is 11.4 Å². The van der Waals surface area contributed by atoms with Crippen LogP contribution in [0.1, 0.15) is 22.8 Å². The van der Waals surface area contributed by atoms with E-state index >= 15 is 0 Å². The van der Waals surface area contributed by atoms with Crippen LogP contribution in [0.5, 0.6) is 0 Å². The predicted molar refractivity (Wildman–Crippen MR) is 70.9 cm³/mol. The molecule has 0 aliphatic rings. The summed E-state index contributed by atoms with van der Waals surface area (Å²) in [5, 5.41) is 17.8. The van der Waals surface area contributed by atoms with Crippen molar-refractivity contribution < 1.29 is 4.79 Å². The highest BCUT2D eigenvalue weighted by molar-refractivity contribution is 5.93. The van der Waals surface area contributed by atoms with E-state index in [1.165, 1.54) is 6.92 Å². The van der Waals surface area contributed by atoms with Gasteiger partial charge in [-0.05, 0) is 22.9 Å². The van der Waals surface area contributed by atoms with Gasteiger partial charge >= 0.3 is 0 Å². The molecule has 0 amide bonds. The van der Waals surface area contributed by atoms with Crippen LogP contribution in [-0.2, 0) is 6.54 Å². The number of Topliss-reactive ketones (excluding diaryl/α,β-unsaturated/α-hetero) is 1. The molecule has 1 N–H and O–H groups in total. The van der Waals surface area contributed by atoms with Crippen molar-refractivity contribution in [1.29, 1.82) is 0 Å². The lowest BCUT2D eigenvalue weighted by atomic mass is 10.1. The van der Waals surface area contributed by atoms with Crippen molar-refractivity contribution in [2.45, 2.75) is 13.5 Å². The molecule has 1 aromatic carbocycles. The molecule has 3 rings (SSSR count). The summed E-state index contributed by atoms with van der Waals surface area (Å²) in [5.41, 5.74) is 2.62. The van der Waals surface area contributed by atoms with Gasteiger partial charge in [0.05, 0.1) is 18.3 Å². The molecule has 7 nitrogen and oxygen atoms in total. The van der Waals surface area contributed by atoms with Crippen molar-refractivity contribution in [1.82, 2.24) is 30.4 Å². The maximum atomic E-state index is 11.2. The Morgan fingerprint density at radius 3 is 2.70 bits per heavy atom. The van der Waals surface area contributed by atoms with Crippen LogP contribution in [-0.4, -0.2) is 36.2 Å². The summed E-state index contributed by atoms with van der Waals surface area (Å²) in [4.78, 5) is 11.2. The Hall–Kier alpha value is -2.83. The number of aromatic nitrogens is 6. The number of carbonyl (C=O) groups is 1. The minimum Gasteiger partial charge on any atom is -0.294 e. The van der Waals surface area contributed by atoms with Crippen molar-refractivity contribution >= 4 is 5.78 Å². The summed E-state index contributed by atoms with van der Waals surface area (Å²) in [7, 11) is 0. The van der Waals surface area contributed by atoms with Crippen LogP contribution in [0.4, 0.5) is 0 Å². The SMILES string of the molecule is CC(=O)c1cnn(Cc2ccc(-c3nnn[nH]3)cc2)c1. The van der Waals surface area contributed by atoms with Gasteiger partial charge in [0.15, 0.2) is 11.6 Å². The molecule has 0 atom stereocenters. The Balaban J connectivity index is 1.76. The first-order valence-electron chi connectivity index (χ1n) is 6.09. The predicted octanol–water partition coefficient (Wildman–Crippen LogP) is 1.31. The summed E-state index contributed by atoms with van der Waals surface area (Å²) in [5.74, 6) is 0.652. The molecule has 100 valence electrons. The monoisotopic (exact) mass is 268 g/mol. The van der Waals surface area contributed by atoms with Crippen molar-refractivity contribution in [3.63, 3.8) is 0 Å². The Labute approximate surface area is 114 Å². The highest BCUT2D eigenvalue weighted by Gasteiger charge is 2.05. The molecule has 0 saturated carbocycles. The van der Waals surface area contributed by atoms with Crippen molar-refractivity contribution in [3.8, 4) is 11.4 Å². The topological polar surface area (TPSA) is 89.3 Å². The van der Waals surface area contributed by atoms with Crippen molar-refractivity contribution in [2.24, 2.45) is 0 Å². The molecule has 2 aromatic heterocycles. The molecule has 2 heterocycles. The van der Waals surface area contributed by atoms with E-state index in [1.54, 1.807) is 17.1 Å². The zero-order valence-electron chi connectivity index (χ0n) is 10.8. The van der Waals surface area contributed by atoms with Gasteiger partial charge in [0.1, 0.15) is 0 Å². The van der Waals surface area contributed by atoms with Crippen LogP contribution in [0.15, 0.2) is 36.7 Å². The average molecular weight is 268 g/mol. The largest absolute Gasteiger partial charge is 0.294 e. The van der Waals surface area contributed by atoms with Crippen molar-refractivity contribution in [2.75, 3.05) is 0 Å². The minimum atomic E-state index is 0.0180. The molecule has 0 aliphatic carbocycles. The number of ketones is 1. The number of carbonyl (C=O) groups excluding carboxylic acids is 1. The van der Waals surface area contributed by atoms with Gasteiger partial charge in [-0.15, -0.1) is 5.10 Å². The van der Waals surface area contributed by atoms with Gasteiger partial charge in [-0.3, -0.25) is 9.48 Å². The first-order chi connectivity index (χ1) is 9.72. The molecular formula is C13H12N6O. The lowest BCUT2D eigenvalue weighted by Gasteiger charge is -2.02. The molecule has 0 bridgehead atoms. The third-order valence-corrected chi connectivity index (χ3v) is 2.96. The summed E-state index contributed by atoms with van der Waals surface area (Å²) in [6.07, 6.45) is 3.33. The number of benzene rings is 1. The average Bonchev–Trinajstić information content (AvgIpc) is 3.10. The van der Waals surface area contributed by atoms with Crippen molar-refractivity contribution in [3.05, 3.63) is 47.8 Å². The van der Waals surface area contributed by atoms with Crippen LogP contribution in [0, 0.1) is 0 Å². The minimum absolute atomic E-state index is 0.0180. The van der Waals surface area contributed by atoms with E-state index in [1.807, 2.05) is 24.3 Å². The number of rotatable bonds is 4. The molecule has 0 radical (unpaired) electrons. The summed E-state index contributed by atoms with van der Waals surface area (Å²) in [6, 6.07) is 7.83. The van der Waals surface area contributed by atoms with Crippen LogP contribution >= 0.6 is 0 Å². The number of nitrogens with zero attached hydrogens (tertiary/aromatic N) is 5. The fourth-order valence-corrected chi connectivity index (χ4v) is 1.87. The van der Waals surface area contributed by atoms with E-state index in [2.05, 4.69) is 25.7 Å². The molecule has 3 aromatic rings. The third-order valence-electron chi connectivity index (χ3n) is 2.96. The highest BCUT2D eigenvalue weighted by atomic mass is 16.1. The number of aromatic amines is 1. The molecule has 0 fully saturated rings. The van der Waals surface area contributed by atoms with Crippen LogP contribution in [0.3, 0.4) is 0 Å². The molecule has 7 heteroatoms. The summed E-state index contributed by atoms with van der Waals surface area (Å²) in [6.45, 7) is 2.14. The maximum absolute atomic E-state index is 11.2. The van der Waals surface area contributed by atoms with E-state index in [0.29, 0.717) is 17.9 Å². The Morgan fingerprint density at radius 1 is 1.30 bits per heavy atom. The Kier molecular flexibility index (Phi) is 3.08. The van der Waals surface area contributed by atoms with Gasteiger partial charge in [0.2, 0.25) is 0 Å². The molecule has 0 saturated heterocycles. The fraction of sp³-hybridized carbons (Fsp3) is 0.154. The molecule has 20 heavy (non-hydrogen) atoms. The second-order valence-electron chi connectivity index (χ2n) is 4.43. The number of H-pyrrole nitrogens is 1. The van der Waals surface area contributed by atoms with E-state index < -0.39 is 0 Å². The fourth-order valence-electron chi connectivity index (χ4n) is 1.87. The van der Waals surface area contributed by atoms with E-state index in [0.717, 1.165) is 11.1 Å². The summed E-state index contributed by atoms with van der Waals surface area (Å²) >= 11 is 0. The number of nitrogens with one attached hydrogen (secondary N) is 1. The van der Waals surface area contributed by atoms with Gasteiger partial charge in [0.25, 0.3) is 0 Å². The standard InChI is InChI=1S/C13H12N6O/c1-9(20)12-6-14-19(8-12)7-10-2-4-11(5-3-10)13-15-17-18-16-13/h2-6,8H,7H2,1H3,(H,15,16,17,18). The third kappa shape index (κ3) is 2.46. The molecule has 0 unspecified atom stereocenters. The summed E-state index contributed by atoms with van der Waals surface area (Å²) < 4.78 is 1.74. The number of hydrogen-bond acceptors (Lipinski definition) is 5. The van der Waals surface area contributed by atoms with E-state index in [-0.39, 0.29) is 5.78 Å². The quantitative estimate of drug-likeness (QED) is 0.721. The van der Waals surface area contributed by atoms with E-state index in [4.69, 9.17) is 0 Å². The van der Waals surface area contributed by atoms with Gasteiger partial charge in [-0.1, -0.05) is 24.3 Å². The Morgan fingerprint density at radius 2 is 2.10 bits per heavy atom.